The first-order chi connectivity index (χ1) is 9.26. The third kappa shape index (κ3) is 21.3. The maximum Gasteiger partial charge on any atom is 0.407 e. The second kappa shape index (κ2) is 9.73. The number of aliphatic hydroxyl groups is 2. The molecule has 0 aliphatic carbocycles. The Hall–Kier alpha value is -1.14. The molecule has 126 valence electrons. The third-order valence-corrected chi connectivity index (χ3v) is 2.23. The Bertz CT molecular complexity index is 309. The first-order valence-electron chi connectivity index (χ1n) is 7.18. The smallest absolute Gasteiger partial charge is 0.407 e. The Morgan fingerprint density at radius 3 is 1.86 bits per heavy atom. The van der Waals surface area contributed by atoms with Crippen molar-refractivity contribution < 1.29 is 24.5 Å². The van der Waals surface area contributed by atoms with Gasteiger partial charge in [0.1, 0.15) is 11.4 Å². The van der Waals surface area contributed by atoms with Crippen LogP contribution in [0.4, 0.5) is 4.79 Å². The normalized spacial score (nSPS) is 12.8. The molecule has 0 spiro atoms. The second-order valence-corrected chi connectivity index (χ2v) is 6.43. The van der Waals surface area contributed by atoms with Gasteiger partial charge in [0.15, 0.2) is 5.79 Å². The van der Waals surface area contributed by atoms with Crippen molar-refractivity contribution in [3.05, 3.63) is 0 Å². The molecule has 0 heterocycles. The van der Waals surface area contributed by atoms with Gasteiger partial charge in [-0.2, -0.15) is 0 Å². The molecule has 0 radical (unpaired) electrons. The van der Waals surface area contributed by atoms with Crippen molar-refractivity contribution in [3.63, 3.8) is 0 Å². The predicted octanol–water partition coefficient (Wildman–Crippen LogP) is 2.22. The van der Waals surface area contributed by atoms with Crippen molar-refractivity contribution >= 4 is 11.9 Å². The zero-order valence-electron chi connectivity index (χ0n) is 14.3. The van der Waals surface area contributed by atoms with Crippen LogP contribution in [0.5, 0.6) is 0 Å². The Morgan fingerprint density at radius 2 is 1.57 bits per heavy atom. The lowest BCUT2D eigenvalue weighted by atomic mass is 9.98. The quantitative estimate of drug-likeness (QED) is 0.677. The number of hydrogen-bond acceptors (Lipinski definition) is 5. The van der Waals surface area contributed by atoms with Gasteiger partial charge < -0.3 is 20.3 Å². The van der Waals surface area contributed by atoms with Gasteiger partial charge in [-0.3, -0.25) is 4.79 Å². The minimum absolute atomic E-state index is 0.0370. The van der Waals surface area contributed by atoms with Crippen molar-refractivity contribution in [1.82, 2.24) is 5.32 Å². The molecular weight excluding hydrogens is 274 g/mol. The van der Waals surface area contributed by atoms with Crippen LogP contribution in [0, 0.1) is 5.92 Å². The lowest BCUT2D eigenvalue weighted by Crippen LogP contribution is -2.34. The topological polar surface area (TPSA) is 95.9 Å². The van der Waals surface area contributed by atoms with Crippen molar-refractivity contribution in [2.75, 3.05) is 6.54 Å². The van der Waals surface area contributed by atoms with Crippen LogP contribution in [0.1, 0.15) is 61.3 Å². The highest BCUT2D eigenvalue weighted by Crippen LogP contribution is 2.09. The number of ether oxygens (including phenoxy) is 1. The number of hydrogen-bond donors (Lipinski definition) is 3. The minimum atomic E-state index is -1.50. The van der Waals surface area contributed by atoms with Gasteiger partial charge in [-0.25, -0.2) is 4.79 Å². The summed E-state index contributed by atoms with van der Waals surface area (Å²) >= 11 is 0. The van der Waals surface area contributed by atoms with Gasteiger partial charge in [-0.1, -0.05) is 6.92 Å². The van der Waals surface area contributed by atoms with Crippen LogP contribution in [0.15, 0.2) is 0 Å². The van der Waals surface area contributed by atoms with E-state index in [1.54, 1.807) is 6.92 Å². The third-order valence-electron chi connectivity index (χ3n) is 2.23. The van der Waals surface area contributed by atoms with E-state index >= 15 is 0 Å². The van der Waals surface area contributed by atoms with Crippen LogP contribution in [0.2, 0.25) is 0 Å². The predicted molar refractivity (Wildman–Crippen MR) is 81.8 cm³/mol. The van der Waals surface area contributed by atoms with E-state index < -0.39 is 17.5 Å². The van der Waals surface area contributed by atoms with Crippen LogP contribution in [-0.2, 0) is 9.53 Å². The molecule has 1 amide bonds. The van der Waals surface area contributed by atoms with Crippen molar-refractivity contribution in [1.29, 1.82) is 0 Å². The molecule has 0 aromatic carbocycles. The number of nitrogens with one attached hydrogen (secondary N) is 1. The van der Waals surface area contributed by atoms with E-state index in [4.69, 9.17) is 14.9 Å². The highest BCUT2D eigenvalue weighted by Gasteiger charge is 2.16. The maximum atomic E-state index is 11.3. The summed E-state index contributed by atoms with van der Waals surface area (Å²) in [5.41, 5.74) is -0.477. The fraction of sp³-hybridized carbons (Fsp3) is 0.867. The zero-order valence-corrected chi connectivity index (χ0v) is 14.3. The van der Waals surface area contributed by atoms with Gasteiger partial charge in [-0.15, -0.1) is 0 Å². The van der Waals surface area contributed by atoms with Gasteiger partial charge in [0.25, 0.3) is 0 Å². The Kier molecular flexibility index (Phi) is 10.3. The Balaban J connectivity index is 0. The molecule has 0 rings (SSSR count). The highest BCUT2D eigenvalue weighted by molar-refractivity contribution is 5.78. The molecule has 0 saturated carbocycles. The minimum Gasteiger partial charge on any atom is -0.444 e. The molecule has 0 aliphatic rings. The van der Waals surface area contributed by atoms with Crippen LogP contribution in [-0.4, -0.2) is 40.0 Å². The Labute approximate surface area is 127 Å². The van der Waals surface area contributed by atoms with E-state index in [2.05, 4.69) is 5.32 Å². The molecule has 0 aromatic rings. The molecule has 6 nitrogen and oxygen atoms in total. The standard InChI is InChI=1S/C12H23NO3.C3H8O2/c1-6-10(9(2)14)7-8-13-11(15)16-12(3,4)5;1-3(2,4)5/h10H,6-8H2,1-5H3,(H,13,15);4-5H,1-2H3. The number of rotatable bonds is 5. The van der Waals surface area contributed by atoms with E-state index in [1.165, 1.54) is 13.8 Å². The number of carbonyl (C=O) groups excluding carboxylic acids is 2. The summed E-state index contributed by atoms with van der Waals surface area (Å²) in [6.07, 6.45) is 1.06. The van der Waals surface area contributed by atoms with Crippen LogP contribution in [0.25, 0.3) is 0 Å². The van der Waals surface area contributed by atoms with Gasteiger partial charge in [0, 0.05) is 12.5 Å². The largest absolute Gasteiger partial charge is 0.444 e. The molecule has 6 heteroatoms. The molecular formula is C15H31NO5. The number of alkyl carbamates (subject to hydrolysis) is 1. The van der Waals surface area contributed by atoms with Crippen LogP contribution < -0.4 is 5.32 Å². The molecule has 0 fully saturated rings. The van der Waals surface area contributed by atoms with E-state index in [-0.39, 0.29) is 11.7 Å². The van der Waals surface area contributed by atoms with Gasteiger partial charge >= 0.3 is 6.09 Å². The molecule has 3 N–H and O–H groups in total. The molecule has 0 bridgehead atoms. The lowest BCUT2D eigenvalue weighted by Gasteiger charge is -2.20. The molecule has 0 saturated heterocycles. The first kappa shape index (κ1) is 22.1. The van der Waals surface area contributed by atoms with E-state index in [0.29, 0.717) is 13.0 Å². The molecule has 1 unspecified atom stereocenters. The summed E-state index contributed by atoms with van der Waals surface area (Å²) in [5, 5.41) is 18.8. The fourth-order valence-corrected chi connectivity index (χ4v) is 1.36. The highest BCUT2D eigenvalue weighted by atomic mass is 16.6. The number of ketones is 1. The van der Waals surface area contributed by atoms with Gasteiger partial charge in [0.2, 0.25) is 0 Å². The van der Waals surface area contributed by atoms with Gasteiger partial charge in [-0.05, 0) is 54.4 Å². The molecule has 0 aromatic heterocycles. The summed E-state index contributed by atoms with van der Waals surface area (Å²) < 4.78 is 5.08. The SMILES string of the molecule is CC(C)(O)O.CCC(CCNC(=O)OC(C)(C)C)C(C)=O. The van der Waals surface area contributed by atoms with Crippen molar-refractivity contribution in [2.45, 2.75) is 72.7 Å². The Morgan fingerprint density at radius 1 is 1.14 bits per heavy atom. The molecule has 1 atom stereocenters. The maximum absolute atomic E-state index is 11.3. The summed E-state index contributed by atoms with van der Waals surface area (Å²) in [7, 11) is 0. The summed E-state index contributed by atoms with van der Waals surface area (Å²) in [5.74, 6) is -1.29. The average Bonchev–Trinajstić information content (AvgIpc) is 2.18. The summed E-state index contributed by atoms with van der Waals surface area (Å²) in [6.45, 7) is 12.1. The lowest BCUT2D eigenvalue weighted by molar-refractivity contribution is -0.127. The number of carbonyl (C=O) groups is 2. The average molecular weight is 305 g/mol. The van der Waals surface area contributed by atoms with Crippen molar-refractivity contribution in [2.24, 2.45) is 5.92 Å². The van der Waals surface area contributed by atoms with E-state index in [9.17, 15) is 9.59 Å². The first-order valence-corrected chi connectivity index (χ1v) is 7.18. The van der Waals surface area contributed by atoms with Crippen LogP contribution >= 0.6 is 0 Å². The second-order valence-electron chi connectivity index (χ2n) is 6.43. The van der Waals surface area contributed by atoms with E-state index in [1.807, 2.05) is 27.7 Å². The molecule has 0 aliphatic heterocycles. The summed E-state index contributed by atoms with van der Waals surface area (Å²) in [6, 6.07) is 0. The number of amides is 1. The van der Waals surface area contributed by atoms with E-state index in [0.717, 1.165) is 6.42 Å². The number of Topliss-reactive ketones (excluding diaryl/α,β-unsaturated/α-hetero) is 1. The zero-order chi connectivity index (χ0) is 17.3. The summed E-state index contributed by atoms with van der Waals surface area (Å²) in [4.78, 5) is 22.4. The van der Waals surface area contributed by atoms with Crippen LogP contribution in [0.3, 0.4) is 0 Å². The van der Waals surface area contributed by atoms with Crippen molar-refractivity contribution in [3.8, 4) is 0 Å². The molecule has 21 heavy (non-hydrogen) atoms. The fourth-order valence-electron chi connectivity index (χ4n) is 1.36. The monoisotopic (exact) mass is 305 g/mol. The van der Waals surface area contributed by atoms with Gasteiger partial charge in [0.05, 0.1) is 0 Å².